The van der Waals surface area contributed by atoms with E-state index < -0.39 is 29.1 Å². The Kier molecular flexibility index (Phi) is 5.04. The molecule has 12 heteroatoms. The second-order valence-electron chi connectivity index (χ2n) is 8.77. The molecule has 6 rings (SSSR count). The van der Waals surface area contributed by atoms with E-state index in [1.165, 1.54) is 12.4 Å². The first-order chi connectivity index (χ1) is 16.4. The van der Waals surface area contributed by atoms with Crippen LogP contribution >= 0.6 is 10.6 Å². The first-order valence-corrected chi connectivity index (χ1v) is 12.7. The van der Waals surface area contributed by atoms with E-state index in [-0.39, 0.29) is 22.5 Å². The van der Waals surface area contributed by atoms with E-state index in [4.69, 9.17) is 0 Å². The fourth-order valence-electron chi connectivity index (χ4n) is 4.98. The van der Waals surface area contributed by atoms with Crippen molar-refractivity contribution in [3.8, 4) is 11.3 Å². The monoisotopic (exact) mass is 487 g/mol. The number of aromatic amines is 1. The maximum absolute atomic E-state index is 14.8. The van der Waals surface area contributed by atoms with Crippen molar-refractivity contribution >= 4 is 27.4 Å². The van der Waals surface area contributed by atoms with Crippen molar-refractivity contribution in [3.63, 3.8) is 0 Å². The van der Waals surface area contributed by atoms with Crippen molar-refractivity contribution < 1.29 is 17.9 Å². The lowest BCUT2D eigenvalue weighted by Crippen LogP contribution is -2.27. The minimum absolute atomic E-state index is 0.0951. The molecule has 2 atom stereocenters. The Hall–Kier alpha value is -3.09. The van der Waals surface area contributed by atoms with Crippen LogP contribution in [0.4, 0.5) is 14.6 Å². The van der Waals surface area contributed by atoms with E-state index in [9.17, 15) is 17.9 Å². The first-order valence-electron chi connectivity index (χ1n) is 11.0. The van der Waals surface area contributed by atoms with E-state index in [0.717, 1.165) is 10.9 Å². The Morgan fingerprint density at radius 2 is 2.18 bits per heavy atom. The van der Waals surface area contributed by atoms with Crippen molar-refractivity contribution in [2.75, 3.05) is 30.4 Å². The molecule has 0 amide bonds. The largest absolute Gasteiger partial charge is 0.354 e. The van der Waals surface area contributed by atoms with Gasteiger partial charge in [0.05, 0.1) is 17.9 Å². The average Bonchev–Trinajstić information content (AvgIpc) is 3.61. The minimum Gasteiger partial charge on any atom is -0.354 e. The molecule has 0 spiro atoms. The van der Waals surface area contributed by atoms with Crippen molar-refractivity contribution in [1.82, 2.24) is 29.7 Å². The van der Waals surface area contributed by atoms with Crippen LogP contribution in [0.1, 0.15) is 18.0 Å². The summed E-state index contributed by atoms with van der Waals surface area (Å²) in [6.07, 6.45) is 7.74. The van der Waals surface area contributed by atoms with Gasteiger partial charge in [0, 0.05) is 48.1 Å². The SMILES string of the molecule is OS1(O)CCc2cc(F)c(N3CCC(C(CF)n4cc(-c5ncnc6[nH]ccc56)cn4)C3)nc21. The van der Waals surface area contributed by atoms with Crippen LogP contribution in [0.15, 0.2) is 42.1 Å². The topological polar surface area (TPSA) is 116 Å². The zero-order chi connectivity index (χ0) is 23.4. The number of alkyl halides is 1. The summed E-state index contributed by atoms with van der Waals surface area (Å²) in [5.41, 5.74) is 2.74. The molecule has 4 aromatic rings. The van der Waals surface area contributed by atoms with Gasteiger partial charge < -0.3 is 9.88 Å². The summed E-state index contributed by atoms with van der Waals surface area (Å²) < 4.78 is 51.2. The molecule has 2 unspecified atom stereocenters. The molecule has 4 aromatic heterocycles. The number of aryl methyl sites for hydroxylation is 1. The van der Waals surface area contributed by atoms with Crippen LogP contribution in [0, 0.1) is 11.7 Å². The Bertz CT molecular complexity index is 1370. The molecule has 0 aromatic carbocycles. The lowest BCUT2D eigenvalue weighted by atomic mass is 10.0. The summed E-state index contributed by atoms with van der Waals surface area (Å²) in [5.74, 6) is -0.342. The Balaban J connectivity index is 1.25. The predicted octanol–water partition coefficient (Wildman–Crippen LogP) is 4.06. The molecule has 1 saturated heterocycles. The molecule has 2 aliphatic rings. The number of nitrogens with zero attached hydrogens (tertiary/aromatic N) is 6. The highest BCUT2D eigenvalue weighted by Crippen LogP contribution is 2.54. The van der Waals surface area contributed by atoms with Crippen LogP contribution in [-0.2, 0) is 6.42 Å². The lowest BCUT2D eigenvalue weighted by Gasteiger charge is -2.27. The number of anilines is 1. The summed E-state index contributed by atoms with van der Waals surface area (Å²) in [6, 6.07) is 2.71. The van der Waals surface area contributed by atoms with Gasteiger partial charge in [-0.3, -0.25) is 13.8 Å². The van der Waals surface area contributed by atoms with E-state index in [1.54, 1.807) is 28.2 Å². The molecule has 0 radical (unpaired) electrons. The van der Waals surface area contributed by atoms with Gasteiger partial charge in [0.1, 0.15) is 18.6 Å². The van der Waals surface area contributed by atoms with Gasteiger partial charge in [0.25, 0.3) is 0 Å². The van der Waals surface area contributed by atoms with Crippen molar-refractivity contribution in [3.05, 3.63) is 48.4 Å². The smallest absolute Gasteiger partial charge is 0.166 e. The van der Waals surface area contributed by atoms with Gasteiger partial charge in [0.15, 0.2) is 16.7 Å². The van der Waals surface area contributed by atoms with E-state index in [2.05, 4.69) is 25.0 Å². The normalized spacial score (nSPS) is 21.2. The summed E-state index contributed by atoms with van der Waals surface area (Å²) in [5, 5.41) is 5.46. The van der Waals surface area contributed by atoms with Gasteiger partial charge in [-0.25, -0.2) is 23.7 Å². The third kappa shape index (κ3) is 3.44. The summed E-state index contributed by atoms with van der Waals surface area (Å²) >= 11 is 0. The quantitative estimate of drug-likeness (QED) is 0.389. The van der Waals surface area contributed by atoms with Crippen molar-refractivity contribution in [2.45, 2.75) is 23.9 Å². The highest BCUT2D eigenvalue weighted by molar-refractivity contribution is 8.24. The number of rotatable bonds is 5. The number of H-pyrrole nitrogens is 1. The van der Waals surface area contributed by atoms with Gasteiger partial charge in [-0.05, 0) is 30.5 Å². The maximum Gasteiger partial charge on any atom is 0.166 e. The van der Waals surface area contributed by atoms with Gasteiger partial charge in [0.2, 0.25) is 0 Å². The molecule has 3 N–H and O–H groups in total. The fraction of sp³-hybridized carbons (Fsp3) is 0.364. The number of fused-ring (bicyclic) bond motifs is 2. The number of hydrogen-bond acceptors (Lipinski definition) is 7. The second-order valence-corrected chi connectivity index (χ2v) is 10.9. The molecule has 1 fully saturated rings. The third-order valence-electron chi connectivity index (χ3n) is 6.76. The molecule has 9 nitrogen and oxygen atoms in total. The first kappa shape index (κ1) is 21.4. The second kappa shape index (κ2) is 8.00. The molecule has 2 aliphatic heterocycles. The summed E-state index contributed by atoms with van der Waals surface area (Å²) in [6.45, 7) is 0.262. The molecule has 178 valence electrons. The van der Waals surface area contributed by atoms with Crippen molar-refractivity contribution in [1.29, 1.82) is 0 Å². The Labute approximate surface area is 195 Å². The zero-order valence-corrected chi connectivity index (χ0v) is 18.9. The van der Waals surface area contributed by atoms with Crippen LogP contribution in [-0.4, -0.2) is 64.3 Å². The van der Waals surface area contributed by atoms with Gasteiger partial charge in [-0.1, -0.05) is 0 Å². The highest BCUT2D eigenvalue weighted by Gasteiger charge is 2.36. The van der Waals surface area contributed by atoms with Crippen LogP contribution in [0.2, 0.25) is 0 Å². The van der Waals surface area contributed by atoms with Gasteiger partial charge >= 0.3 is 0 Å². The van der Waals surface area contributed by atoms with Crippen LogP contribution in [0.3, 0.4) is 0 Å². The molecule has 0 bridgehead atoms. The number of aromatic nitrogens is 6. The van der Waals surface area contributed by atoms with Crippen molar-refractivity contribution in [2.24, 2.45) is 5.92 Å². The number of nitrogens with one attached hydrogen (secondary N) is 1. The minimum atomic E-state index is -2.98. The van der Waals surface area contributed by atoms with E-state index in [1.807, 2.05) is 6.07 Å². The molecular formula is C22H23F2N7O2S. The Morgan fingerprint density at radius 1 is 1.29 bits per heavy atom. The number of pyridine rings is 1. The van der Waals surface area contributed by atoms with Crippen LogP contribution in [0.5, 0.6) is 0 Å². The van der Waals surface area contributed by atoms with Gasteiger partial charge in [-0.2, -0.15) is 15.7 Å². The standard InChI is InChI=1S/C22H23F2N7O2S/c23-8-18(31-11-15(9-28-31)19-16-1-4-25-20(16)27-12-26-19)14-2-5-30(10-14)21-17(24)7-13-3-6-34(32,33)22(13)29-21/h1,4,7,9,11-12,14,18,32-33H,2-3,5-6,8,10H2,(H,25,26,27). The molecule has 34 heavy (non-hydrogen) atoms. The van der Waals surface area contributed by atoms with E-state index in [0.29, 0.717) is 42.8 Å². The molecule has 6 heterocycles. The van der Waals surface area contributed by atoms with Crippen LogP contribution in [0.25, 0.3) is 22.3 Å². The molecular weight excluding hydrogens is 464 g/mol. The van der Waals surface area contributed by atoms with Gasteiger partial charge in [-0.15, -0.1) is 0 Å². The van der Waals surface area contributed by atoms with Crippen LogP contribution < -0.4 is 4.90 Å². The van der Waals surface area contributed by atoms with E-state index >= 15 is 0 Å². The summed E-state index contributed by atoms with van der Waals surface area (Å²) in [7, 11) is -2.98. The number of halogens is 2. The zero-order valence-electron chi connectivity index (χ0n) is 18.1. The highest BCUT2D eigenvalue weighted by atomic mass is 32.3. The number of hydrogen-bond donors (Lipinski definition) is 3. The predicted molar refractivity (Wildman–Crippen MR) is 124 cm³/mol. The maximum atomic E-state index is 14.8. The summed E-state index contributed by atoms with van der Waals surface area (Å²) in [4.78, 5) is 17.7. The molecule has 0 saturated carbocycles. The average molecular weight is 488 g/mol. The Morgan fingerprint density at radius 3 is 3.03 bits per heavy atom. The lowest BCUT2D eigenvalue weighted by molar-refractivity contribution is 0.257. The third-order valence-corrected chi connectivity index (χ3v) is 8.50. The fourth-order valence-corrected chi connectivity index (χ4v) is 6.50. The molecule has 0 aliphatic carbocycles.